The molecule has 0 fully saturated rings. The molecule has 0 amide bonds. The van der Waals surface area contributed by atoms with Crippen LogP contribution in [0.2, 0.25) is 0 Å². The van der Waals surface area contributed by atoms with Crippen molar-refractivity contribution in [3.05, 3.63) is 45.1 Å². The number of aliphatic imine (C=N–C) groups is 1. The van der Waals surface area contributed by atoms with Crippen molar-refractivity contribution in [1.82, 2.24) is 15.3 Å². The van der Waals surface area contributed by atoms with Gasteiger partial charge in [-0.1, -0.05) is 0 Å². The van der Waals surface area contributed by atoms with Gasteiger partial charge in [-0.3, -0.25) is 14.8 Å². The van der Waals surface area contributed by atoms with Crippen LogP contribution in [-0.4, -0.2) is 22.9 Å². The van der Waals surface area contributed by atoms with Gasteiger partial charge < -0.3 is 10.3 Å². The summed E-state index contributed by atoms with van der Waals surface area (Å²) in [6.07, 6.45) is 6.22. The Morgan fingerprint density at radius 3 is 2.53 bits per heavy atom. The van der Waals surface area contributed by atoms with Gasteiger partial charge in [-0.2, -0.15) is 4.39 Å². The molecule has 7 heteroatoms. The molecule has 0 bridgehead atoms. The van der Waals surface area contributed by atoms with Gasteiger partial charge in [-0.25, -0.2) is 4.79 Å². The predicted molar refractivity (Wildman–Crippen MR) is 53.3 cm³/mol. The van der Waals surface area contributed by atoms with Crippen LogP contribution < -0.4 is 16.6 Å². The van der Waals surface area contributed by atoms with E-state index in [-0.39, 0.29) is 0 Å². The number of aromatic amines is 2. The summed E-state index contributed by atoms with van der Waals surface area (Å²) < 4.78 is 12.0. The van der Waals surface area contributed by atoms with Gasteiger partial charge in [0.2, 0.25) is 5.82 Å². The molecule has 0 saturated heterocycles. The smallest absolute Gasteiger partial charge is 0.325 e. The van der Waals surface area contributed by atoms with Crippen LogP contribution in [0.3, 0.4) is 0 Å². The van der Waals surface area contributed by atoms with E-state index < -0.39 is 17.1 Å². The van der Waals surface area contributed by atoms with Crippen LogP contribution in [0.4, 0.5) is 4.39 Å². The Kier molecular flexibility index (Phi) is 4.02. The summed E-state index contributed by atoms with van der Waals surface area (Å²) in [4.78, 5) is 27.9. The van der Waals surface area contributed by atoms with Crippen LogP contribution in [0.5, 0.6) is 0 Å². The maximum absolute atomic E-state index is 12.0. The minimum atomic E-state index is -1.00. The first kappa shape index (κ1) is 10.9. The Balaban J connectivity index is 0.000000162. The fraction of sp³-hybridized carbons (Fsp3) is 0.125. The highest BCUT2D eigenvalue weighted by Crippen LogP contribution is 1.74. The number of hydrogen-bond acceptors (Lipinski definition) is 4. The Labute approximate surface area is 83.6 Å². The fourth-order valence-electron chi connectivity index (χ4n) is 0.723. The highest BCUT2D eigenvalue weighted by atomic mass is 19.1. The lowest BCUT2D eigenvalue weighted by Crippen LogP contribution is -2.23. The van der Waals surface area contributed by atoms with Crippen LogP contribution in [0.1, 0.15) is 0 Å². The van der Waals surface area contributed by atoms with Crippen molar-refractivity contribution in [2.24, 2.45) is 4.99 Å². The molecule has 0 aromatic carbocycles. The van der Waals surface area contributed by atoms with E-state index in [1.165, 1.54) is 0 Å². The Bertz CT molecular complexity index is 462. The third kappa shape index (κ3) is 4.03. The molecule has 1 aliphatic rings. The van der Waals surface area contributed by atoms with E-state index in [4.69, 9.17) is 0 Å². The maximum atomic E-state index is 12.0. The first-order valence-corrected chi connectivity index (χ1v) is 4.06. The summed E-state index contributed by atoms with van der Waals surface area (Å²) in [6, 6.07) is 0. The number of nitrogens with zero attached hydrogens (tertiary/aromatic N) is 1. The highest BCUT2D eigenvalue weighted by Gasteiger charge is 1.93. The molecule has 1 aliphatic heterocycles. The van der Waals surface area contributed by atoms with Crippen molar-refractivity contribution < 1.29 is 4.39 Å². The number of H-pyrrole nitrogens is 2. The fourth-order valence-corrected chi connectivity index (χ4v) is 0.723. The Morgan fingerprint density at radius 2 is 2.20 bits per heavy atom. The second-order valence-electron chi connectivity index (χ2n) is 2.47. The summed E-state index contributed by atoms with van der Waals surface area (Å²) in [5, 5.41) is 2.91. The summed E-state index contributed by atoms with van der Waals surface area (Å²) in [5.74, 6) is -0.991. The largest absolute Gasteiger partial charge is 0.372 e. The van der Waals surface area contributed by atoms with Gasteiger partial charge in [-0.15, -0.1) is 0 Å². The van der Waals surface area contributed by atoms with Crippen molar-refractivity contribution in [3.8, 4) is 0 Å². The number of allylic oxidation sites excluding steroid dienone is 1. The van der Waals surface area contributed by atoms with E-state index in [9.17, 15) is 14.0 Å². The molecule has 80 valence electrons. The van der Waals surface area contributed by atoms with Crippen LogP contribution in [0.25, 0.3) is 0 Å². The monoisotopic (exact) mass is 212 g/mol. The molecule has 1 aromatic rings. The van der Waals surface area contributed by atoms with E-state index in [0.717, 1.165) is 6.67 Å². The zero-order valence-electron chi connectivity index (χ0n) is 7.66. The van der Waals surface area contributed by atoms with E-state index in [1.807, 2.05) is 17.3 Å². The zero-order valence-corrected chi connectivity index (χ0v) is 7.66. The van der Waals surface area contributed by atoms with Crippen LogP contribution in [0.15, 0.2) is 33.1 Å². The molecule has 0 atom stereocenters. The summed E-state index contributed by atoms with van der Waals surface area (Å²) in [5.41, 5.74) is -1.71. The molecular weight excluding hydrogens is 203 g/mol. The first-order valence-electron chi connectivity index (χ1n) is 4.06. The average molecular weight is 212 g/mol. The lowest BCUT2D eigenvalue weighted by Gasteiger charge is -1.94. The normalized spacial score (nSPS) is 12.6. The van der Waals surface area contributed by atoms with Crippen LogP contribution in [-0.2, 0) is 0 Å². The highest BCUT2D eigenvalue weighted by molar-refractivity contribution is 5.71. The predicted octanol–water partition coefficient (Wildman–Crippen LogP) is -0.666. The molecule has 1 aromatic heterocycles. The topological polar surface area (TPSA) is 90.1 Å². The zero-order chi connectivity index (χ0) is 11.1. The maximum Gasteiger partial charge on any atom is 0.325 e. The molecule has 0 radical (unpaired) electrons. The second-order valence-corrected chi connectivity index (χ2v) is 2.47. The van der Waals surface area contributed by atoms with Crippen molar-refractivity contribution in [3.63, 3.8) is 0 Å². The molecule has 0 aliphatic carbocycles. The number of aromatic nitrogens is 2. The molecule has 6 nitrogen and oxygen atoms in total. The molecule has 2 heterocycles. The lowest BCUT2D eigenvalue weighted by molar-refractivity contribution is 0.597. The summed E-state index contributed by atoms with van der Waals surface area (Å²) >= 11 is 0. The quantitative estimate of drug-likeness (QED) is 0.533. The lowest BCUT2D eigenvalue weighted by atomic mass is 10.6. The van der Waals surface area contributed by atoms with E-state index in [1.54, 1.807) is 11.2 Å². The third-order valence-corrected chi connectivity index (χ3v) is 1.36. The van der Waals surface area contributed by atoms with E-state index in [2.05, 4.69) is 10.3 Å². The summed E-state index contributed by atoms with van der Waals surface area (Å²) in [6.45, 7) is 0.733. The molecular formula is C8H9FN4O2. The SMILES string of the molecule is C1=CNCN=C1.O=c1[nH]cc(F)c(=O)[nH]1. The number of hydrogen-bond donors (Lipinski definition) is 3. The van der Waals surface area contributed by atoms with E-state index in [0.29, 0.717) is 6.20 Å². The standard InChI is InChI=1S/C4H3FN2O2.C4H6N2/c5-2-1-6-4(9)7-3(2)8;1-2-5-4-6-3-1/h1H,(H2,6,7,8,9);1-3,5H,4H2. The van der Waals surface area contributed by atoms with Crippen LogP contribution >= 0.6 is 0 Å². The molecule has 0 unspecified atom stereocenters. The van der Waals surface area contributed by atoms with Crippen molar-refractivity contribution in [2.45, 2.75) is 0 Å². The second kappa shape index (κ2) is 5.53. The molecule has 0 saturated carbocycles. The Hall–Kier alpha value is -2.18. The average Bonchev–Trinajstić information content (AvgIpc) is 2.27. The van der Waals surface area contributed by atoms with Gasteiger partial charge in [0.25, 0.3) is 5.56 Å². The van der Waals surface area contributed by atoms with Crippen molar-refractivity contribution in [1.29, 1.82) is 0 Å². The van der Waals surface area contributed by atoms with Gasteiger partial charge in [0, 0.05) is 12.4 Å². The van der Waals surface area contributed by atoms with Gasteiger partial charge in [0.15, 0.2) is 0 Å². The summed E-state index contributed by atoms with van der Waals surface area (Å²) in [7, 11) is 0. The minimum absolute atomic E-state index is 0.707. The third-order valence-electron chi connectivity index (χ3n) is 1.36. The molecule has 2 rings (SSSR count). The van der Waals surface area contributed by atoms with Gasteiger partial charge in [0.1, 0.15) is 6.67 Å². The Morgan fingerprint density at radius 1 is 1.40 bits per heavy atom. The van der Waals surface area contributed by atoms with Gasteiger partial charge in [0.05, 0.1) is 0 Å². The number of rotatable bonds is 0. The molecule has 15 heavy (non-hydrogen) atoms. The van der Waals surface area contributed by atoms with Gasteiger partial charge >= 0.3 is 5.69 Å². The first-order chi connectivity index (χ1) is 7.20. The van der Waals surface area contributed by atoms with Crippen molar-refractivity contribution >= 4 is 6.21 Å². The molecule has 3 N–H and O–H groups in total. The van der Waals surface area contributed by atoms with Crippen molar-refractivity contribution in [2.75, 3.05) is 6.67 Å². The minimum Gasteiger partial charge on any atom is -0.372 e. The van der Waals surface area contributed by atoms with Crippen LogP contribution in [0, 0.1) is 5.82 Å². The molecule has 0 spiro atoms. The number of halogens is 1. The van der Waals surface area contributed by atoms with Gasteiger partial charge in [-0.05, 0) is 12.3 Å². The van der Waals surface area contributed by atoms with E-state index >= 15 is 0 Å². The number of nitrogens with one attached hydrogen (secondary N) is 3.